The van der Waals surface area contributed by atoms with Gasteiger partial charge in [0, 0.05) is 11.4 Å². The van der Waals surface area contributed by atoms with Crippen LogP contribution in [0.2, 0.25) is 0 Å². The Labute approximate surface area is 110 Å². The van der Waals surface area contributed by atoms with Gasteiger partial charge in [-0.3, -0.25) is 0 Å². The highest BCUT2D eigenvalue weighted by molar-refractivity contribution is 8.06. The Kier molecular flexibility index (Phi) is 12.2. The Bertz CT molecular complexity index is 179. The first kappa shape index (κ1) is 16.4. The standard InChI is InChI=1S/C13H27NS2/c1-5-7-9-15-12-13(11-14(3)4)16-10-8-6-2/h12H,5-11H2,1-4H3/b13-12-. The van der Waals surface area contributed by atoms with Crippen LogP contribution in [0.5, 0.6) is 0 Å². The zero-order valence-electron chi connectivity index (χ0n) is 11.3. The summed E-state index contributed by atoms with van der Waals surface area (Å²) < 4.78 is 0. The average Bonchev–Trinajstić information content (AvgIpc) is 2.23. The molecular weight excluding hydrogens is 234 g/mol. The van der Waals surface area contributed by atoms with Gasteiger partial charge in [-0.1, -0.05) is 26.7 Å². The van der Waals surface area contributed by atoms with E-state index in [1.54, 1.807) is 0 Å². The number of nitrogens with zero attached hydrogens (tertiary/aromatic N) is 1. The summed E-state index contributed by atoms with van der Waals surface area (Å²) >= 11 is 4.01. The molecule has 3 heteroatoms. The number of hydrogen-bond acceptors (Lipinski definition) is 3. The predicted octanol–water partition coefficient (Wildman–Crippen LogP) is 4.46. The molecule has 0 saturated carbocycles. The lowest BCUT2D eigenvalue weighted by Crippen LogP contribution is -2.14. The van der Waals surface area contributed by atoms with Gasteiger partial charge in [0.15, 0.2) is 0 Å². The highest BCUT2D eigenvalue weighted by Crippen LogP contribution is 2.22. The fourth-order valence-electron chi connectivity index (χ4n) is 1.16. The number of rotatable bonds is 10. The smallest absolute Gasteiger partial charge is 0.0292 e. The van der Waals surface area contributed by atoms with Crippen molar-refractivity contribution in [2.45, 2.75) is 39.5 Å². The molecule has 1 nitrogen and oxygen atoms in total. The van der Waals surface area contributed by atoms with Crippen LogP contribution in [0.4, 0.5) is 0 Å². The zero-order valence-corrected chi connectivity index (χ0v) is 12.9. The second kappa shape index (κ2) is 11.9. The Morgan fingerprint density at radius 1 is 1.06 bits per heavy atom. The molecular formula is C13H27NS2. The minimum absolute atomic E-state index is 1.09. The van der Waals surface area contributed by atoms with Crippen molar-refractivity contribution in [3.63, 3.8) is 0 Å². The molecule has 0 saturated heterocycles. The molecule has 0 aliphatic rings. The van der Waals surface area contributed by atoms with Crippen LogP contribution >= 0.6 is 23.5 Å². The summed E-state index contributed by atoms with van der Waals surface area (Å²) in [5.74, 6) is 2.53. The fourth-order valence-corrected chi connectivity index (χ4v) is 3.51. The van der Waals surface area contributed by atoms with E-state index in [0.29, 0.717) is 0 Å². The van der Waals surface area contributed by atoms with Crippen LogP contribution in [0.1, 0.15) is 39.5 Å². The maximum absolute atomic E-state index is 2.37. The lowest BCUT2D eigenvalue weighted by Gasteiger charge is -2.12. The van der Waals surface area contributed by atoms with Gasteiger partial charge in [0.05, 0.1) is 0 Å². The molecule has 0 aromatic rings. The Morgan fingerprint density at radius 3 is 2.25 bits per heavy atom. The van der Waals surface area contributed by atoms with E-state index < -0.39 is 0 Å². The lowest BCUT2D eigenvalue weighted by atomic mass is 10.4. The SMILES string of the molecule is CCCCS/C=C(/CN(C)C)SCCCC. The summed E-state index contributed by atoms with van der Waals surface area (Å²) in [7, 11) is 4.29. The molecule has 0 spiro atoms. The van der Waals surface area contributed by atoms with Crippen LogP contribution in [0, 0.1) is 0 Å². The average molecular weight is 261 g/mol. The van der Waals surface area contributed by atoms with Gasteiger partial charge in [-0.25, -0.2) is 0 Å². The van der Waals surface area contributed by atoms with Gasteiger partial charge in [0.1, 0.15) is 0 Å². The summed E-state index contributed by atoms with van der Waals surface area (Å²) in [6.07, 6.45) is 5.25. The van der Waals surface area contributed by atoms with E-state index in [1.165, 1.54) is 42.1 Å². The minimum Gasteiger partial charge on any atom is -0.305 e. The number of unbranched alkanes of at least 4 members (excludes halogenated alkanes) is 2. The lowest BCUT2D eigenvalue weighted by molar-refractivity contribution is 0.453. The Hall–Kier alpha value is 0.400. The summed E-state index contributed by atoms with van der Waals surface area (Å²) in [5.41, 5.74) is 0. The van der Waals surface area contributed by atoms with Crippen molar-refractivity contribution in [2.75, 3.05) is 32.1 Å². The molecule has 96 valence electrons. The second-order valence-electron chi connectivity index (χ2n) is 4.25. The van der Waals surface area contributed by atoms with Crippen LogP contribution in [-0.2, 0) is 0 Å². The van der Waals surface area contributed by atoms with Crippen LogP contribution < -0.4 is 0 Å². The number of thioether (sulfide) groups is 2. The zero-order chi connectivity index (χ0) is 12.2. The maximum Gasteiger partial charge on any atom is 0.0292 e. The number of hydrogen-bond donors (Lipinski definition) is 0. The summed E-state index contributed by atoms with van der Waals surface area (Å²) in [4.78, 5) is 3.78. The van der Waals surface area contributed by atoms with Crippen molar-refractivity contribution < 1.29 is 0 Å². The molecule has 0 N–H and O–H groups in total. The van der Waals surface area contributed by atoms with Crippen molar-refractivity contribution in [1.82, 2.24) is 4.90 Å². The summed E-state index contributed by atoms with van der Waals surface area (Å²) in [6, 6.07) is 0. The summed E-state index contributed by atoms with van der Waals surface area (Å²) in [5, 5.41) is 2.37. The first-order valence-corrected chi connectivity index (χ1v) is 8.32. The molecule has 0 aromatic carbocycles. The van der Waals surface area contributed by atoms with E-state index in [2.05, 4.69) is 38.3 Å². The first-order valence-electron chi connectivity index (χ1n) is 6.28. The largest absolute Gasteiger partial charge is 0.305 e. The van der Waals surface area contributed by atoms with Crippen molar-refractivity contribution >= 4 is 23.5 Å². The van der Waals surface area contributed by atoms with Gasteiger partial charge in [-0.15, -0.1) is 23.5 Å². The molecule has 0 aliphatic carbocycles. The Balaban J connectivity index is 3.87. The topological polar surface area (TPSA) is 3.24 Å². The van der Waals surface area contributed by atoms with Crippen LogP contribution in [0.25, 0.3) is 0 Å². The summed E-state index contributed by atoms with van der Waals surface area (Å²) in [6.45, 7) is 5.60. The van der Waals surface area contributed by atoms with E-state index in [-0.39, 0.29) is 0 Å². The molecule has 0 bridgehead atoms. The molecule has 0 rings (SSSR count). The highest BCUT2D eigenvalue weighted by atomic mass is 32.2. The van der Waals surface area contributed by atoms with Gasteiger partial charge in [0.25, 0.3) is 0 Å². The van der Waals surface area contributed by atoms with Gasteiger partial charge in [0.2, 0.25) is 0 Å². The van der Waals surface area contributed by atoms with E-state index in [9.17, 15) is 0 Å². The molecule has 16 heavy (non-hydrogen) atoms. The monoisotopic (exact) mass is 261 g/mol. The van der Waals surface area contributed by atoms with Crippen molar-refractivity contribution in [3.8, 4) is 0 Å². The molecule has 0 amide bonds. The van der Waals surface area contributed by atoms with Crippen LogP contribution in [-0.4, -0.2) is 37.0 Å². The highest BCUT2D eigenvalue weighted by Gasteiger charge is 2.00. The van der Waals surface area contributed by atoms with E-state index >= 15 is 0 Å². The first-order chi connectivity index (χ1) is 7.70. The van der Waals surface area contributed by atoms with Crippen LogP contribution in [0.15, 0.2) is 10.3 Å². The van der Waals surface area contributed by atoms with Crippen LogP contribution in [0.3, 0.4) is 0 Å². The number of likely N-dealkylation sites (N-methyl/N-ethyl adjacent to an activating group) is 1. The molecule has 0 atom stereocenters. The quantitative estimate of drug-likeness (QED) is 0.535. The second-order valence-corrected chi connectivity index (χ2v) is 6.45. The molecule has 0 radical (unpaired) electrons. The Morgan fingerprint density at radius 2 is 1.69 bits per heavy atom. The maximum atomic E-state index is 2.37. The van der Waals surface area contributed by atoms with Crippen molar-refractivity contribution in [2.24, 2.45) is 0 Å². The molecule has 0 aliphatic heterocycles. The van der Waals surface area contributed by atoms with Crippen molar-refractivity contribution in [3.05, 3.63) is 10.3 Å². The molecule has 0 fully saturated rings. The van der Waals surface area contributed by atoms with Gasteiger partial charge >= 0.3 is 0 Å². The van der Waals surface area contributed by atoms with Gasteiger partial charge in [-0.2, -0.15) is 0 Å². The van der Waals surface area contributed by atoms with Crippen molar-refractivity contribution in [1.29, 1.82) is 0 Å². The van der Waals surface area contributed by atoms with Gasteiger partial charge in [-0.05, 0) is 43.9 Å². The van der Waals surface area contributed by atoms with Gasteiger partial charge < -0.3 is 4.90 Å². The molecule has 0 unspecified atom stereocenters. The third kappa shape index (κ3) is 10.9. The van der Waals surface area contributed by atoms with E-state index in [4.69, 9.17) is 0 Å². The fraction of sp³-hybridized carbons (Fsp3) is 0.846. The normalized spacial score (nSPS) is 12.4. The third-order valence-corrected chi connectivity index (χ3v) is 4.32. The predicted molar refractivity (Wildman–Crippen MR) is 81.4 cm³/mol. The van der Waals surface area contributed by atoms with E-state index in [0.717, 1.165) is 6.54 Å². The minimum atomic E-state index is 1.09. The molecule has 0 heterocycles. The third-order valence-electron chi connectivity index (χ3n) is 2.09. The van der Waals surface area contributed by atoms with E-state index in [1.807, 2.05) is 23.5 Å². The molecule has 0 aromatic heterocycles.